The minimum Gasteiger partial charge on any atom is -0.494 e. The number of ether oxygens (including phenoxy) is 3. The van der Waals surface area contributed by atoms with Crippen LogP contribution in [0.2, 0.25) is 0 Å². The third kappa shape index (κ3) is 4.39. The highest BCUT2D eigenvalue weighted by Crippen LogP contribution is 2.33. The number of methoxy groups -OCH3 is 1. The highest BCUT2D eigenvalue weighted by molar-refractivity contribution is 5.95. The lowest BCUT2D eigenvalue weighted by Crippen LogP contribution is -2.46. The van der Waals surface area contributed by atoms with Crippen LogP contribution in [0.3, 0.4) is 0 Å². The van der Waals surface area contributed by atoms with E-state index in [2.05, 4.69) is 20.1 Å². The monoisotopic (exact) mass is 436 g/mol. The summed E-state index contributed by atoms with van der Waals surface area (Å²) in [5.41, 5.74) is 0.784. The molecule has 1 atom stereocenters. The van der Waals surface area contributed by atoms with Crippen molar-refractivity contribution in [2.45, 2.75) is 6.10 Å². The fourth-order valence-electron chi connectivity index (χ4n) is 4.13. The van der Waals surface area contributed by atoms with E-state index in [1.54, 1.807) is 19.5 Å². The maximum absolute atomic E-state index is 5.95. The van der Waals surface area contributed by atoms with Crippen LogP contribution in [0.4, 0.5) is 11.8 Å². The van der Waals surface area contributed by atoms with E-state index in [0.717, 1.165) is 55.2 Å². The second kappa shape index (κ2) is 9.54. The molecule has 32 heavy (non-hydrogen) atoms. The van der Waals surface area contributed by atoms with Gasteiger partial charge >= 0.3 is 0 Å². The quantitative estimate of drug-likeness (QED) is 0.621. The third-order valence-corrected chi connectivity index (χ3v) is 5.78. The zero-order valence-corrected chi connectivity index (χ0v) is 18.2. The molecule has 0 amide bonds. The van der Waals surface area contributed by atoms with Gasteiger partial charge in [0.15, 0.2) is 0 Å². The molecule has 2 aliphatic heterocycles. The molecular formula is C23H28N6O3. The summed E-state index contributed by atoms with van der Waals surface area (Å²) < 4.78 is 17.5. The number of piperazine rings is 1. The molecule has 2 aromatic heterocycles. The third-order valence-electron chi connectivity index (χ3n) is 5.78. The van der Waals surface area contributed by atoms with E-state index in [4.69, 9.17) is 24.2 Å². The van der Waals surface area contributed by atoms with Crippen LogP contribution in [0.15, 0.2) is 42.7 Å². The number of hydrogen-bond donors (Lipinski definition) is 1. The van der Waals surface area contributed by atoms with E-state index in [0.29, 0.717) is 31.5 Å². The summed E-state index contributed by atoms with van der Waals surface area (Å²) in [7, 11) is 1.66. The standard InChI is InChI=1S/C23H28N6O3/c1-30-20-14-25-13-19-21(20)22(28-9-7-24-8-10-28)27-23(26-19)29-11-12-31-18(15-29)16-32-17-5-3-2-4-6-17/h2-6,13-14,18,24H,7-12,15-16H2,1H3. The zero-order chi connectivity index (χ0) is 21.8. The van der Waals surface area contributed by atoms with Gasteiger partial charge in [0.25, 0.3) is 0 Å². The normalized spacial score (nSPS) is 19.2. The number of nitrogens with one attached hydrogen (secondary N) is 1. The number of rotatable bonds is 6. The summed E-state index contributed by atoms with van der Waals surface area (Å²) in [6, 6.07) is 9.81. The first-order valence-electron chi connectivity index (χ1n) is 11.0. The molecule has 3 aromatic rings. The van der Waals surface area contributed by atoms with Crippen molar-refractivity contribution in [1.29, 1.82) is 0 Å². The molecule has 2 fully saturated rings. The van der Waals surface area contributed by atoms with Gasteiger partial charge in [0.2, 0.25) is 5.95 Å². The molecule has 0 aliphatic carbocycles. The van der Waals surface area contributed by atoms with Crippen molar-refractivity contribution in [3.05, 3.63) is 42.7 Å². The molecule has 1 unspecified atom stereocenters. The summed E-state index contributed by atoms with van der Waals surface area (Å²) in [6.45, 7) is 6.08. The lowest BCUT2D eigenvalue weighted by atomic mass is 10.2. The Bertz CT molecular complexity index is 1040. The second-order valence-corrected chi connectivity index (χ2v) is 7.88. The van der Waals surface area contributed by atoms with Crippen LogP contribution >= 0.6 is 0 Å². The molecule has 1 aromatic carbocycles. The highest BCUT2D eigenvalue weighted by Gasteiger charge is 2.26. The lowest BCUT2D eigenvalue weighted by molar-refractivity contribution is 0.00983. The summed E-state index contributed by atoms with van der Waals surface area (Å²) in [6.07, 6.45) is 3.45. The van der Waals surface area contributed by atoms with Gasteiger partial charge in [-0.1, -0.05) is 18.2 Å². The van der Waals surface area contributed by atoms with Crippen molar-refractivity contribution in [2.24, 2.45) is 0 Å². The first-order chi connectivity index (χ1) is 15.8. The molecule has 2 aliphatic rings. The summed E-state index contributed by atoms with van der Waals surface area (Å²) in [5, 5.41) is 4.31. The van der Waals surface area contributed by atoms with Crippen LogP contribution in [-0.2, 0) is 4.74 Å². The van der Waals surface area contributed by atoms with Gasteiger partial charge in [-0.05, 0) is 12.1 Å². The predicted molar refractivity (Wildman–Crippen MR) is 123 cm³/mol. The van der Waals surface area contributed by atoms with E-state index in [1.807, 2.05) is 30.3 Å². The Balaban J connectivity index is 1.41. The Kier molecular flexibility index (Phi) is 6.17. The van der Waals surface area contributed by atoms with E-state index in [1.165, 1.54) is 0 Å². The molecule has 4 heterocycles. The molecule has 9 nitrogen and oxygen atoms in total. The summed E-state index contributed by atoms with van der Waals surface area (Å²) >= 11 is 0. The fourth-order valence-corrected chi connectivity index (χ4v) is 4.13. The summed E-state index contributed by atoms with van der Waals surface area (Å²) in [4.78, 5) is 18.7. The Labute approximate surface area is 187 Å². The van der Waals surface area contributed by atoms with Crippen LogP contribution in [0.25, 0.3) is 10.9 Å². The van der Waals surface area contributed by atoms with Gasteiger partial charge in [-0.2, -0.15) is 4.98 Å². The molecule has 5 rings (SSSR count). The van der Waals surface area contributed by atoms with Crippen molar-refractivity contribution in [3.63, 3.8) is 0 Å². The van der Waals surface area contributed by atoms with Gasteiger partial charge in [0.1, 0.15) is 35.5 Å². The summed E-state index contributed by atoms with van der Waals surface area (Å²) in [5.74, 6) is 3.12. The van der Waals surface area contributed by atoms with Crippen molar-refractivity contribution in [2.75, 3.05) is 69.4 Å². The molecule has 1 N–H and O–H groups in total. The molecule has 0 radical (unpaired) electrons. The first-order valence-corrected chi connectivity index (χ1v) is 11.0. The number of fused-ring (bicyclic) bond motifs is 1. The average Bonchev–Trinajstić information content (AvgIpc) is 2.87. The van der Waals surface area contributed by atoms with Gasteiger partial charge < -0.3 is 29.3 Å². The Morgan fingerprint density at radius 1 is 1.06 bits per heavy atom. The Morgan fingerprint density at radius 3 is 2.72 bits per heavy atom. The molecule has 0 saturated carbocycles. The van der Waals surface area contributed by atoms with Crippen LogP contribution in [-0.4, -0.2) is 80.6 Å². The van der Waals surface area contributed by atoms with Gasteiger partial charge in [0, 0.05) is 32.7 Å². The second-order valence-electron chi connectivity index (χ2n) is 7.88. The maximum Gasteiger partial charge on any atom is 0.228 e. The smallest absolute Gasteiger partial charge is 0.228 e. The number of pyridine rings is 1. The highest BCUT2D eigenvalue weighted by atomic mass is 16.5. The molecule has 0 bridgehead atoms. The number of hydrogen-bond acceptors (Lipinski definition) is 9. The van der Waals surface area contributed by atoms with Crippen molar-refractivity contribution >= 4 is 22.7 Å². The van der Waals surface area contributed by atoms with E-state index in [-0.39, 0.29) is 6.10 Å². The number of morpholine rings is 1. The number of aromatic nitrogens is 3. The number of para-hydroxylation sites is 1. The molecule has 0 spiro atoms. The zero-order valence-electron chi connectivity index (χ0n) is 18.2. The first kappa shape index (κ1) is 20.7. The number of benzene rings is 1. The molecule has 9 heteroatoms. The van der Waals surface area contributed by atoms with Crippen LogP contribution in [0, 0.1) is 0 Å². The minimum absolute atomic E-state index is 0.0608. The SMILES string of the molecule is COc1cncc2nc(N3CCOC(COc4ccccc4)C3)nc(N3CCNCC3)c12. The van der Waals surface area contributed by atoms with Crippen LogP contribution < -0.4 is 24.6 Å². The number of anilines is 2. The molecule has 2 saturated heterocycles. The number of nitrogens with zero attached hydrogens (tertiary/aromatic N) is 5. The average molecular weight is 437 g/mol. The predicted octanol–water partition coefficient (Wildman–Crippen LogP) is 1.73. The van der Waals surface area contributed by atoms with Crippen LogP contribution in [0.1, 0.15) is 0 Å². The van der Waals surface area contributed by atoms with Gasteiger partial charge in [-0.25, -0.2) is 4.98 Å². The molecule has 168 valence electrons. The largest absolute Gasteiger partial charge is 0.494 e. The van der Waals surface area contributed by atoms with Crippen molar-refractivity contribution in [1.82, 2.24) is 20.3 Å². The molecular weight excluding hydrogens is 408 g/mol. The topological polar surface area (TPSA) is 84.9 Å². The Hall–Kier alpha value is -3.17. The van der Waals surface area contributed by atoms with Gasteiger partial charge in [0.05, 0.1) is 38.0 Å². The fraction of sp³-hybridized carbons (Fsp3) is 0.435. The Morgan fingerprint density at radius 2 is 1.91 bits per heavy atom. The maximum atomic E-state index is 5.95. The van der Waals surface area contributed by atoms with E-state index < -0.39 is 0 Å². The van der Waals surface area contributed by atoms with E-state index in [9.17, 15) is 0 Å². The van der Waals surface area contributed by atoms with Gasteiger partial charge in [-0.15, -0.1) is 0 Å². The minimum atomic E-state index is -0.0608. The lowest BCUT2D eigenvalue weighted by Gasteiger charge is -2.34. The van der Waals surface area contributed by atoms with E-state index >= 15 is 0 Å². The van der Waals surface area contributed by atoms with Crippen molar-refractivity contribution < 1.29 is 14.2 Å². The van der Waals surface area contributed by atoms with Crippen molar-refractivity contribution in [3.8, 4) is 11.5 Å². The van der Waals surface area contributed by atoms with Crippen LogP contribution in [0.5, 0.6) is 11.5 Å². The van der Waals surface area contributed by atoms with Gasteiger partial charge in [-0.3, -0.25) is 4.98 Å².